The molecular formula is C30H33F3N8O. The third-order valence-electron chi connectivity index (χ3n) is 7.85. The zero-order valence-corrected chi connectivity index (χ0v) is 24.6. The van der Waals surface area contributed by atoms with Crippen molar-refractivity contribution in [3.63, 3.8) is 0 Å². The second-order valence-electron chi connectivity index (χ2n) is 13.0. The first-order valence-corrected chi connectivity index (χ1v) is 13.8. The number of aromatic nitrogens is 7. The molecule has 0 amide bonds. The molecule has 42 heavy (non-hydrogen) atoms. The molecular weight excluding hydrogens is 545 g/mol. The molecule has 0 bridgehead atoms. The third-order valence-corrected chi connectivity index (χ3v) is 7.85. The average molecular weight is 579 g/mol. The average Bonchev–Trinajstić information content (AvgIpc) is 3.25. The monoisotopic (exact) mass is 578 g/mol. The van der Waals surface area contributed by atoms with Crippen LogP contribution in [0.1, 0.15) is 119 Å². The van der Waals surface area contributed by atoms with Gasteiger partial charge in [-0.3, -0.25) is 9.78 Å². The molecule has 0 saturated heterocycles. The van der Waals surface area contributed by atoms with Gasteiger partial charge in [0.2, 0.25) is 0 Å². The van der Waals surface area contributed by atoms with E-state index in [4.69, 9.17) is 15.0 Å². The first-order valence-electron chi connectivity index (χ1n) is 13.8. The van der Waals surface area contributed by atoms with Crippen LogP contribution in [0.25, 0.3) is 11.0 Å². The van der Waals surface area contributed by atoms with Crippen molar-refractivity contribution in [1.82, 2.24) is 34.7 Å². The minimum Gasteiger partial charge on any atom is -0.310 e. The fourth-order valence-electron chi connectivity index (χ4n) is 5.08. The normalized spacial score (nSPS) is 18.5. The maximum Gasteiger partial charge on any atom is 0.433 e. The van der Waals surface area contributed by atoms with E-state index in [9.17, 15) is 23.2 Å². The van der Waals surface area contributed by atoms with E-state index in [0.29, 0.717) is 17.2 Å². The van der Waals surface area contributed by atoms with Crippen molar-refractivity contribution in [1.29, 1.82) is 5.26 Å². The zero-order chi connectivity index (χ0) is 30.8. The third kappa shape index (κ3) is 5.28. The van der Waals surface area contributed by atoms with E-state index in [0.717, 1.165) is 36.5 Å². The van der Waals surface area contributed by atoms with Crippen molar-refractivity contribution in [3.05, 3.63) is 74.7 Å². The summed E-state index contributed by atoms with van der Waals surface area (Å²) in [6, 6.07) is 5.55. The molecule has 0 aromatic carbocycles. The Kier molecular flexibility index (Phi) is 6.99. The van der Waals surface area contributed by atoms with Crippen LogP contribution < -0.4 is 5.56 Å². The fourth-order valence-corrected chi connectivity index (χ4v) is 5.08. The van der Waals surface area contributed by atoms with Crippen LogP contribution in [-0.2, 0) is 17.0 Å². The molecule has 220 valence electrons. The first kappa shape index (κ1) is 29.4. The molecule has 1 fully saturated rings. The summed E-state index contributed by atoms with van der Waals surface area (Å²) >= 11 is 0. The molecule has 4 heterocycles. The van der Waals surface area contributed by atoms with Crippen LogP contribution >= 0.6 is 0 Å². The van der Waals surface area contributed by atoms with E-state index in [1.165, 1.54) is 10.7 Å². The molecule has 12 heteroatoms. The number of aromatic amines is 1. The number of nitrogens with one attached hydrogen (secondary N) is 1. The summed E-state index contributed by atoms with van der Waals surface area (Å²) in [7, 11) is 0. The van der Waals surface area contributed by atoms with Gasteiger partial charge in [-0.15, -0.1) is 0 Å². The zero-order valence-electron chi connectivity index (χ0n) is 24.6. The van der Waals surface area contributed by atoms with Crippen LogP contribution in [0, 0.1) is 11.3 Å². The van der Waals surface area contributed by atoms with Crippen molar-refractivity contribution in [2.24, 2.45) is 0 Å². The Morgan fingerprint density at radius 3 is 2.07 bits per heavy atom. The molecule has 0 aliphatic heterocycles. The van der Waals surface area contributed by atoms with Crippen molar-refractivity contribution < 1.29 is 13.2 Å². The molecule has 9 nitrogen and oxygen atoms in total. The molecule has 1 aliphatic rings. The number of hydrogen-bond donors (Lipinski definition) is 1. The summed E-state index contributed by atoms with van der Waals surface area (Å²) in [5.74, 6) is 0.912. The first-order chi connectivity index (χ1) is 19.5. The summed E-state index contributed by atoms with van der Waals surface area (Å²) in [6.07, 6.45) is -1.87. The van der Waals surface area contributed by atoms with Gasteiger partial charge in [0.15, 0.2) is 11.3 Å². The Morgan fingerprint density at radius 2 is 1.60 bits per heavy atom. The van der Waals surface area contributed by atoms with Crippen molar-refractivity contribution in [2.75, 3.05) is 0 Å². The summed E-state index contributed by atoms with van der Waals surface area (Å²) in [6.45, 7) is 14.4. The number of nitrogens with zero attached hydrogens (tertiary/aromatic N) is 7. The Balaban J connectivity index is 1.58. The molecule has 5 rings (SSSR count). The van der Waals surface area contributed by atoms with Crippen LogP contribution in [0.4, 0.5) is 13.2 Å². The largest absolute Gasteiger partial charge is 0.433 e. The van der Waals surface area contributed by atoms with Gasteiger partial charge in [0.25, 0.3) is 5.56 Å². The van der Waals surface area contributed by atoms with E-state index in [1.807, 2.05) is 6.07 Å². The Morgan fingerprint density at radius 1 is 0.976 bits per heavy atom. The highest BCUT2D eigenvalue weighted by molar-refractivity contribution is 5.80. The lowest BCUT2D eigenvalue weighted by Gasteiger charge is -2.36. The molecule has 1 saturated carbocycles. The molecule has 0 unspecified atom stereocenters. The number of rotatable bonds is 4. The predicted octanol–water partition coefficient (Wildman–Crippen LogP) is 6.06. The van der Waals surface area contributed by atoms with E-state index in [1.54, 1.807) is 6.92 Å². The second-order valence-corrected chi connectivity index (χ2v) is 13.0. The Hall–Kier alpha value is -4.14. The van der Waals surface area contributed by atoms with Gasteiger partial charge in [-0.05, 0) is 37.5 Å². The molecule has 3 atom stereocenters. The van der Waals surface area contributed by atoms with Crippen LogP contribution in [-0.4, -0.2) is 34.7 Å². The Labute approximate surface area is 241 Å². The summed E-state index contributed by atoms with van der Waals surface area (Å²) in [5, 5.41) is 14.0. The maximum atomic E-state index is 13.3. The highest BCUT2D eigenvalue weighted by Gasteiger charge is 2.39. The van der Waals surface area contributed by atoms with Crippen molar-refractivity contribution in [2.45, 2.75) is 96.2 Å². The fraction of sp³-hybridized carbons (Fsp3) is 0.500. The van der Waals surface area contributed by atoms with Gasteiger partial charge in [-0.1, -0.05) is 47.6 Å². The van der Waals surface area contributed by atoms with E-state index < -0.39 is 23.5 Å². The van der Waals surface area contributed by atoms with Crippen molar-refractivity contribution >= 4 is 11.0 Å². The quantitative estimate of drug-likeness (QED) is 0.312. The minimum atomic E-state index is -4.57. The van der Waals surface area contributed by atoms with Crippen LogP contribution in [0.2, 0.25) is 0 Å². The molecule has 4 aromatic heterocycles. The van der Waals surface area contributed by atoms with Gasteiger partial charge in [-0.2, -0.15) is 23.5 Å². The lowest BCUT2D eigenvalue weighted by molar-refractivity contribution is -0.141. The number of hydrogen-bond acceptors (Lipinski definition) is 7. The van der Waals surface area contributed by atoms with E-state index in [2.05, 4.69) is 62.7 Å². The lowest BCUT2D eigenvalue weighted by Crippen LogP contribution is -2.30. The number of fused-ring (bicyclic) bond motifs is 1. The number of halogens is 3. The van der Waals surface area contributed by atoms with Gasteiger partial charge in [0.1, 0.15) is 28.8 Å². The lowest BCUT2D eigenvalue weighted by atomic mass is 9.72. The number of pyridine rings is 1. The molecule has 1 aliphatic carbocycles. The highest BCUT2D eigenvalue weighted by atomic mass is 19.4. The predicted molar refractivity (Wildman–Crippen MR) is 150 cm³/mol. The molecule has 0 radical (unpaired) electrons. The van der Waals surface area contributed by atoms with Gasteiger partial charge < -0.3 is 4.98 Å². The second kappa shape index (κ2) is 10.00. The van der Waals surface area contributed by atoms with E-state index in [-0.39, 0.29) is 39.4 Å². The van der Waals surface area contributed by atoms with Gasteiger partial charge in [-0.25, -0.2) is 19.6 Å². The summed E-state index contributed by atoms with van der Waals surface area (Å²) < 4.78 is 40.5. The Bertz CT molecular complexity index is 1720. The van der Waals surface area contributed by atoms with Gasteiger partial charge in [0.05, 0.1) is 6.04 Å². The summed E-state index contributed by atoms with van der Waals surface area (Å²) in [5.41, 5.74) is 0.483. The topological polar surface area (TPSA) is 126 Å². The van der Waals surface area contributed by atoms with E-state index >= 15 is 0 Å². The molecule has 1 N–H and O–H groups in total. The standard InChI is InChI=1S/C30H33F3N8O/c1-15(16-8-11-20(35-14-16)30(31,32)33)41-26-23(19(13-34)40-41)27(42)39-25(38-26)18-10-9-17(18)24-36-21(28(2,3)4)12-22(37-24)29(5,6)7/h8,11-12,14-15,17-18H,9-10H2,1-7H3,(H,38,39,42)/t15-,17+,18+/m0/s1. The summed E-state index contributed by atoms with van der Waals surface area (Å²) in [4.78, 5) is 34.4. The van der Waals surface area contributed by atoms with Crippen LogP contribution in [0.3, 0.4) is 0 Å². The maximum absolute atomic E-state index is 13.3. The van der Waals surface area contributed by atoms with Crippen LogP contribution in [0.15, 0.2) is 29.2 Å². The minimum absolute atomic E-state index is 0.0323. The van der Waals surface area contributed by atoms with Crippen molar-refractivity contribution in [3.8, 4) is 6.07 Å². The number of alkyl halides is 3. The van der Waals surface area contributed by atoms with Gasteiger partial charge in [0, 0.05) is 40.3 Å². The number of H-pyrrole nitrogens is 1. The van der Waals surface area contributed by atoms with Crippen LogP contribution in [0.5, 0.6) is 0 Å². The molecule has 0 spiro atoms. The van der Waals surface area contributed by atoms with Gasteiger partial charge >= 0.3 is 6.18 Å². The smallest absolute Gasteiger partial charge is 0.310 e. The highest BCUT2D eigenvalue weighted by Crippen LogP contribution is 2.47. The SMILES string of the molecule is C[C@@H](c1ccc(C(F)(F)F)nc1)n1nc(C#N)c2c(=O)[nH]c([C@@H]3CC[C@H]3c3nc(C(C)(C)C)cc(C(C)(C)C)n3)nc21. The molecule has 4 aromatic rings. The number of nitriles is 1.